The van der Waals surface area contributed by atoms with Gasteiger partial charge in [0.05, 0.1) is 5.60 Å². The van der Waals surface area contributed by atoms with Crippen LogP contribution in [0.1, 0.15) is 31.2 Å². The Balaban J connectivity index is 1.95. The summed E-state index contributed by atoms with van der Waals surface area (Å²) in [6.45, 7) is 0. The third-order valence-corrected chi connectivity index (χ3v) is 3.74. The van der Waals surface area contributed by atoms with Crippen molar-refractivity contribution in [2.45, 2.75) is 37.3 Å². The first-order valence-electron chi connectivity index (χ1n) is 6.12. The lowest BCUT2D eigenvalue weighted by molar-refractivity contribution is -0.120. The maximum atomic E-state index is 11.2. The zero-order valence-electron chi connectivity index (χ0n) is 10.1. The SMILES string of the molecule is O=C(CCl)NC1CCC(O)(c2cccnc2)CC1. The molecule has 18 heavy (non-hydrogen) atoms. The molecule has 0 unspecified atom stereocenters. The largest absolute Gasteiger partial charge is 0.385 e. The molecule has 1 amide bonds. The summed E-state index contributed by atoms with van der Waals surface area (Å²) < 4.78 is 0. The molecule has 1 aromatic rings. The van der Waals surface area contributed by atoms with Crippen LogP contribution in [0.5, 0.6) is 0 Å². The van der Waals surface area contributed by atoms with E-state index in [1.54, 1.807) is 12.4 Å². The van der Waals surface area contributed by atoms with Gasteiger partial charge in [-0.05, 0) is 31.7 Å². The second-order valence-corrected chi connectivity index (χ2v) is 5.02. The minimum absolute atomic E-state index is 0.0105. The molecular formula is C13H17ClN2O2. The minimum atomic E-state index is -0.809. The van der Waals surface area contributed by atoms with Crippen LogP contribution >= 0.6 is 11.6 Å². The number of aliphatic hydroxyl groups is 1. The highest BCUT2D eigenvalue weighted by atomic mass is 35.5. The topological polar surface area (TPSA) is 62.2 Å². The second-order valence-electron chi connectivity index (χ2n) is 4.75. The highest BCUT2D eigenvalue weighted by molar-refractivity contribution is 6.27. The van der Waals surface area contributed by atoms with Gasteiger partial charge >= 0.3 is 0 Å². The summed E-state index contributed by atoms with van der Waals surface area (Å²) in [5.74, 6) is -0.155. The van der Waals surface area contributed by atoms with Crippen LogP contribution in [0.15, 0.2) is 24.5 Å². The van der Waals surface area contributed by atoms with Gasteiger partial charge in [0.25, 0.3) is 0 Å². The monoisotopic (exact) mass is 268 g/mol. The first-order valence-corrected chi connectivity index (χ1v) is 6.66. The third-order valence-electron chi connectivity index (χ3n) is 3.50. The van der Waals surface area contributed by atoms with Crippen molar-refractivity contribution in [1.29, 1.82) is 0 Å². The van der Waals surface area contributed by atoms with Gasteiger partial charge in [0.15, 0.2) is 0 Å². The van der Waals surface area contributed by atoms with Crippen molar-refractivity contribution in [3.63, 3.8) is 0 Å². The van der Waals surface area contributed by atoms with E-state index in [0.29, 0.717) is 12.8 Å². The van der Waals surface area contributed by atoms with Gasteiger partial charge in [0, 0.05) is 24.0 Å². The van der Waals surface area contributed by atoms with Crippen molar-refractivity contribution in [1.82, 2.24) is 10.3 Å². The Morgan fingerprint density at radius 2 is 2.28 bits per heavy atom. The third kappa shape index (κ3) is 3.00. The fourth-order valence-electron chi connectivity index (χ4n) is 2.43. The van der Waals surface area contributed by atoms with Crippen LogP contribution in [-0.4, -0.2) is 27.9 Å². The molecule has 1 aliphatic rings. The molecule has 1 aromatic heterocycles. The molecule has 1 saturated carbocycles. The first kappa shape index (κ1) is 13.3. The molecule has 0 radical (unpaired) electrons. The number of carbonyl (C=O) groups is 1. The van der Waals surface area contributed by atoms with E-state index in [1.165, 1.54) is 0 Å². The van der Waals surface area contributed by atoms with Crippen LogP contribution in [-0.2, 0) is 10.4 Å². The molecule has 0 saturated heterocycles. The average Bonchev–Trinajstić information content (AvgIpc) is 2.42. The molecular weight excluding hydrogens is 252 g/mol. The lowest BCUT2D eigenvalue weighted by atomic mass is 9.78. The predicted octanol–water partition coefficient (Wildman–Crippen LogP) is 1.57. The first-order chi connectivity index (χ1) is 8.64. The normalized spacial score (nSPS) is 27.8. The summed E-state index contributed by atoms with van der Waals surface area (Å²) in [4.78, 5) is 15.2. The number of alkyl halides is 1. The highest BCUT2D eigenvalue weighted by Gasteiger charge is 2.35. The Hall–Kier alpha value is -1.13. The molecule has 0 aromatic carbocycles. The zero-order valence-corrected chi connectivity index (χ0v) is 10.9. The standard InChI is InChI=1S/C13H17ClN2O2/c14-8-12(17)16-11-3-5-13(18,6-4-11)10-2-1-7-15-9-10/h1-2,7,9,11,18H,3-6,8H2,(H,16,17). The molecule has 5 heteroatoms. The Morgan fingerprint density at radius 1 is 1.56 bits per heavy atom. The summed E-state index contributed by atoms with van der Waals surface area (Å²) in [7, 11) is 0. The molecule has 2 rings (SSSR count). The summed E-state index contributed by atoms with van der Waals surface area (Å²) in [6, 6.07) is 3.84. The average molecular weight is 269 g/mol. The number of nitrogens with zero attached hydrogens (tertiary/aromatic N) is 1. The van der Waals surface area contributed by atoms with Crippen LogP contribution in [0.25, 0.3) is 0 Å². The lowest BCUT2D eigenvalue weighted by Crippen LogP contribution is -2.42. The maximum Gasteiger partial charge on any atom is 0.235 e. The predicted molar refractivity (Wildman–Crippen MR) is 69.3 cm³/mol. The highest BCUT2D eigenvalue weighted by Crippen LogP contribution is 2.36. The van der Waals surface area contributed by atoms with E-state index in [1.807, 2.05) is 12.1 Å². The van der Waals surface area contributed by atoms with Gasteiger partial charge in [-0.3, -0.25) is 9.78 Å². The number of carbonyl (C=O) groups excluding carboxylic acids is 1. The summed E-state index contributed by atoms with van der Waals surface area (Å²) in [5, 5.41) is 13.4. The zero-order chi connectivity index (χ0) is 13.0. The molecule has 1 heterocycles. The van der Waals surface area contributed by atoms with Crippen LogP contribution in [0, 0.1) is 0 Å². The number of aromatic nitrogens is 1. The van der Waals surface area contributed by atoms with Gasteiger partial charge in [0.2, 0.25) is 5.91 Å². The van der Waals surface area contributed by atoms with Crippen molar-refractivity contribution in [3.8, 4) is 0 Å². The maximum absolute atomic E-state index is 11.2. The summed E-state index contributed by atoms with van der Waals surface area (Å²) in [6.07, 6.45) is 6.18. The van der Waals surface area contributed by atoms with Crippen molar-refractivity contribution in [3.05, 3.63) is 30.1 Å². The summed E-state index contributed by atoms with van der Waals surface area (Å²) >= 11 is 5.45. The van der Waals surface area contributed by atoms with Gasteiger partial charge in [-0.15, -0.1) is 11.6 Å². The molecule has 98 valence electrons. The van der Waals surface area contributed by atoms with E-state index in [9.17, 15) is 9.90 Å². The van der Waals surface area contributed by atoms with E-state index in [4.69, 9.17) is 11.6 Å². The molecule has 0 bridgehead atoms. The summed E-state index contributed by atoms with van der Waals surface area (Å²) in [5.41, 5.74) is 0.0447. The smallest absolute Gasteiger partial charge is 0.235 e. The number of amides is 1. The number of pyridine rings is 1. The van der Waals surface area contributed by atoms with Crippen LogP contribution in [0.3, 0.4) is 0 Å². The molecule has 4 nitrogen and oxygen atoms in total. The van der Waals surface area contributed by atoms with E-state index in [2.05, 4.69) is 10.3 Å². The number of nitrogens with one attached hydrogen (secondary N) is 1. The van der Waals surface area contributed by atoms with Crippen molar-refractivity contribution in [2.75, 3.05) is 5.88 Å². The number of halogens is 1. The fraction of sp³-hybridized carbons (Fsp3) is 0.538. The van der Waals surface area contributed by atoms with Gasteiger partial charge in [-0.2, -0.15) is 0 Å². The van der Waals surface area contributed by atoms with Gasteiger partial charge < -0.3 is 10.4 Å². The Morgan fingerprint density at radius 3 is 2.83 bits per heavy atom. The van der Waals surface area contributed by atoms with Gasteiger partial charge in [0.1, 0.15) is 5.88 Å². The van der Waals surface area contributed by atoms with Crippen molar-refractivity contribution in [2.24, 2.45) is 0 Å². The van der Waals surface area contributed by atoms with Crippen molar-refractivity contribution >= 4 is 17.5 Å². The van der Waals surface area contributed by atoms with E-state index >= 15 is 0 Å². The molecule has 0 atom stereocenters. The van der Waals surface area contributed by atoms with E-state index < -0.39 is 5.60 Å². The van der Waals surface area contributed by atoms with Crippen LogP contribution in [0.4, 0.5) is 0 Å². The minimum Gasteiger partial charge on any atom is -0.385 e. The van der Waals surface area contributed by atoms with E-state index in [0.717, 1.165) is 18.4 Å². The van der Waals surface area contributed by atoms with Crippen LogP contribution in [0.2, 0.25) is 0 Å². The number of hydrogen-bond acceptors (Lipinski definition) is 3. The number of rotatable bonds is 3. The molecule has 2 N–H and O–H groups in total. The molecule has 0 aliphatic heterocycles. The lowest BCUT2D eigenvalue weighted by Gasteiger charge is -2.36. The molecule has 0 spiro atoms. The Labute approximate surface area is 111 Å². The van der Waals surface area contributed by atoms with Gasteiger partial charge in [-0.1, -0.05) is 6.07 Å². The Kier molecular flexibility index (Phi) is 4.19. The van der Waals surface area contributed by atoms with Crippen LogP contribution < -0.4 is 5.32 Å². The second kappa shape index (κ2) is 5.67. The quantitative estimate of drug-likeness (QED) is 0.818. The fourth-order valence-corrected chi connectivity index (χ4v) is 2.51. The molecule has 1 fully saturated rings. The van der Waals surface area contributed by atoms with E-state index in [-0.39, 0.29) is 17.8 Å². The number of hydrogen-bond donors (Lipinski definition) is 2. The molecule has 1 aliphatic carbocycles. The van der Waals surface area contributed by atoms with Gasteiger partial charge in [-0.25, -0.2) is 0 Å². The van der Waals surface area contributed by atoms with Crippen molar-refractivity contribution < 1.29 is 9.90 Å². The Bertz CT molecular complexity index is 403.